The van der Waals surface area contributed by atoms with Crippen LogP contribution in [0.4, 0.5) is 4.39 Å². The molecule has 0 saturated heterocycles. The van der Waals surface area contributed by atoms with Crippen LogP contribution in [0.15, 0.2) is 66.7 Å². The highest BCUT2D eigenvalue weighted by Crippen LogP contribution is 2.37. The van der Waals surface area contributed by atoms with Gasteiger partial charge >= 0.3 is 0 Å². The number of methoxy groups -OCH3 is 1. The van der Waals surface area contributed by atoms with Crippen LogP contribution >= 0.6 is 0 Å². The molecule has 0 unspecified atom stereocenters. The van der Waals surface area contributed by atoms with E-state index in [1.54, 1.807) is 13.2 Å². The van der Waals surface area contributed by atoms with E-state index in [0.717, 1.165) is 5.56 Å². The van der Waals surface area contributed by atoms with Crippen LogP contribution in [0, 0.1) is 5.82 Å². The molecule has 0 amide bonds. The standard InChI is InChI=1S/C22H19FO4/c1-24-19-9-5-6-10-20(19)25-13-16-11-18(23)12-17-14-26-22(27-21(16)17)15-7-3-2-4-8-15/h2-12,22H,13-14H2,1H3/t22-/m0/s1. The molecule has 0 spiro atoms. The van der Waals surface area contributed by atoms with E-state index < -0.39 is 6.29 Å². The Morgan fingerprint density at radius 1 is 1.00 bits per heavy atom. The summed E-state index contributed by atoms with van der Waals surface area (Å²) >= 11 is 0. The van der Waals surface area contributed by atoms with Gasteiger partial charge < -0.3 is 18.9 Å². The second-order valence-electron chi connectivity index (χ2n) is 6.16. The summed E-state index contributed by atoms with van der Waals surface area (Å²) in [7, 11) is 1.58. The molecule has 1 aliphatic rings. The Kier molecular flexibility index (Phi) is 4.94. The minimum atomic E-state index is -0.533. The van der Waals surface area contributed by atoms with Crippen LogP contribution in [0.1, 0.15) is 23.0 Å². The van der Waals surface area contributed by atoms with Gasteiger partial charge in [0.15, 0.2) is 11.5 Å². The monoisotopic (exact) mass is 366 g/mol. The Hall–Kier alpha value is -3.05. The van der Waals surface area contributed by atoms with Gasteiger partial charge in [-0.15, -0.1) is 0 Å². The van der Waals surface area contributed by atoms with Crippen LogP contribution in [0.5, 0.6) is 17.2 Å². The maximum Gasteiger partial charge on any atom is 0.227 e. The van der Waals surface area contributed by atoms with Gasteiger partial charge in [0.2, 0.25) is 6.29 Å². The quantitative estimate of drug-likeness (QED) is 0.635. The molecule has 1 atom stereocenters. The minimum Gasteiger partial charge on any atom is -0.493 e. The van der Waals surface area contributed by atoms with Crippen molar-refractivity contribution in [1.82, 2.24) is 0 Å². The van der Waals surface area contributed by atoms with Gasteiger partial charge in [-0.05, 0) is 24.3 Å². The highest BCUT2D eigenvalue weighted by molar-refractivity contribution is 5.44. The largest absolute Gasteiger partial charge is 0.493 e. The van der Waals surface area contributed by atoms with Crippen molar-refractivity contribution in [2.75, 3.05) is 7.11 Å². The first-order valence-corrected chi connectivity index (χ1v) is 8.65. The molecule has 0 bridgehead atoms. The lowest BCUT2D eigenvalue weighted by Crippen LogP contribution is -2.19. The zero-order valence-corrected chi connectivity index (χ0v) is 14.9. The Bertz CT molecular complexity index is 927. The van der Waals surface area contributed by atoms with Gasteiger partial charge in [-0.2, -0.15) is 0 Å². The first kappa shape index (κ1) is 17.4. The lowest BCUT2D eigenvalue weighted by atomic mass is 10.1. The van der Waals surface area contributed by atoms with Crippen LogP contribution in [-0.4, -0.2) is 7.11 Å². The maximum absolute atomic E-state index is 14.1. The van der Waals surface area contributed by atoms with E-state index >= 15 is 0 Å². The predicted octanol–water partition coefficient (Wildman–Crippen LogP) is 5.02. The van der Waals surface area contributed by atoms with Crippen LogP contribution in [0.3, 0.4) is 0 Å². The molecule has 138 valence electrons. The molecule has 27 heavy (non-hydrogen) atoms. The van der Waals surface area contributed by atoms with Crippen molar-refractivity contribution in [3.63, 3.8) is 0 Å². The third-order valence-corrected chi connectivity index (χ3v) is 4.35. The van der Waals surface area contributed by atoms with E-state index in [9.17, 15) is 4.39 Å². The summed E-state index contributed by atoms with van der Waals surface area (Å²) in [4.78, 5) is 0. The summed E-state index contributed by atoms with van der Waals surface area (Å²) in [5, 5.41) is 0. The van der Waals surface area contributed by atoms with Gasteiger partial charge in [0, 0.05) is 16.7 Å². The first-order chi connectivity index (χ1) is 13.2. The van der Waals surface area contributed by atoms with Gasteiger partial charge in [-0.25, -0.2) is 4.39 Å². The van der Waals surface area contributed by atoms with E-state index in [2.05, 4.69) is 0 Å². The summed E-state index contributed by atoms with van der Waals surface area (Å²) in [6.45, 7) is 0.427. The van der Waals surface area contributed by atoms with Gasteiger partial charge in [0.05, 0.1) is 13.7 Å². The molecule has 0 N–H and O–H groups in total. The smallest absolute Gasteiger partial charge is 0.227 e. The van der Waals surface area contributed by atoms with Gasteiger partial charge in [-0.3, -0.25) is 0 Å². The predicted molar refractivity (Wildman–Crippen MR) is 98.3 cm³/mol. The molecule has 5 heteroatoms. The summed E-state index contributed by atoms with van der Waals surface area (Å²) in [6, 6.07) is 19.9. The third kappa shape index (κ3) is 3.73. The molecular weight excluding hydrogens is 347 g/mol. The highest BCUT2D eigenvalue weighted by atomic mass is 19.1. The number of para-hydroxylation sites is 2. The minimum absolute atomic E-state index is 0.155. The number of hydrogen-bond acceptors (Lipinski definition) is 4. The fraction of sp³-hybridized carbons (Fsp3) is 0.182. The lowest BCUT2D eigenvalue weighted by Gasteiger charge is -2.28. The normalized spacial score (nSPS) is 15.6. The van der Waals surface area contributed by atoms with Gasteiger partial charge in [-0.1, -0.05) is 42.5 Å². The zero-order valence-electron chi connectivity index (χ0n) is 14.9. The van der Waals surface area contributed by atoms with Crippen molar-refractivity contribution >= 4 is 0 Å². The molecule has 0 radical (unpaired) electrons. The number of rotatable bonds is 5. The summed E-state index contributed by atoms with van der Waals surface area (Å²) in [5.74, 6) is 1.46. The van der Waals surface area contributed by atoms with Crippen molar-refractivity contribution < 1.29 is 23.3 Å². The van der Waals surface area contributed by atoms with Crippen molar-refractivity contribution in [2.24, 2.45) is 0 Å². The van der Waals surface area contributed by atoms with Gasteiger partial charge in [0.25, 0.3) is 0 Å². The fourth-order valence-corrected chi connectivity index (χ4v) is 3.05. The molecule has 1 aliphatic heterocycles. The summed E-state index contributed by atoms with van der Waals surface area (Å²) < 4.78 is 37.0. The Morgan fingerprint density at radius 3 is 2.52 bits per heavy atom. The van der Waals surface area contributed by atoms with E-state index in [-0.39, 0.29) is 19.0 Å². The number of halogens is 1. The molecule has 4 nitrogen and oxygen atoms in total. The molecular formula is C22H19FO4. The van der Waals surface area contributed by atoms with E-state index in [0.29, 0.717) is 28.4 Å². The molecule has 1 heterocycles. The zero-order chi connectivity index (χ0) is 18.6. The van der Waals surface area contributed by atoms with Crippen LogP contribution in [0.2, 0.25) is 0 Å². The number of hydrogen-bond donors (Lipinski definition) is 0. The van der Waals surface area contributed by atoms with E-state index in [4.69, 9.17) is 18.9 Å². The van der Waals surface area contributed by atoms with Gasteiger partial charge in [0.1, 0.15) is 18.2 Å². The second kappa shape index (κ2) is 7.68. The first-order valence-electron chi connectivity index (χ1n) is 8.65. The van der Waals surface area contributed by atoms with Crippen molar-refractivity contribution in [1.29, 1.82) is 0 Å². The molecule has 0 fully saturated rings. The Balaban J connectivity index is 1.60. The van der Waals surface area contributed by atoms with Crippen molar-refractivity contribution in [3.05, 3.63) is 89.2 Å². The molecule has 0 aromatic heterocycles. The topological polar surface area (TPSA) is 36.9 Å². The van der Waals surface area contributed by atoms with E-state index in [1.807, 2.05) is 48.5 Å². The number of benzene rings is 3. The maximum atomic E-state index is 14.1. The Labute approximate surface area is 157 Å². The molecule has 3 aromatic rings. The SMILES string of the molecule is COc1ccccc1OCc1cc(F)cc2c1O[C@@H](c1ccccc1)OC2. The average molecular weight is 366 g/mol. The molecule has 4 rings (SSSR count). The van der Waals surface area contributed by atoms with Crippen LogP contribution < -0.4 is 14.2 Å². The molecule has 0 saturated carbocycles. The summed E-state index contributed by atoms with van der Waals surface area (Å²) in [5.41, 5.74) is 2.20. The lowest BCUT2D eigenvalue weighted by molar-refractivity contribution is -0.112. The van der Waals surface area contributed by atoms with Crippen molar-refractivity contribution in [3.8, 4) is 17.2 Å². The number of ether oxygens (including phenoxy) is 4. The average Bonchev–Trinajstić information content (AvgIpc) is 2.72. The number of fused-ring (bicyclic) bond motifs is 1. The fourth-order valence-electron chi connectivity index (χ4n) is 3.05. The second-order valence-corrected chi connectivity index (χ2v) is 6.16. The Morgan fingerprint density at radius 2 is 1.74 bits per heavy atom. The summed E-state index contributed by atoms with van der Waals surface area (Å²) in [6.07, 6.45) is -0.533. The van der Waals surface area contributed by atoms with Crippen molar-refractivity contribution in [2.45, 2.75) is 19.5 Å². The van der Waals surface area contributed by atoms with Crippen LogP contribution in [-0.2, 0) is 18.0 Å². The third-order valence-electron chi connectivity index (χ3n) is 4.35. The molecule has 0 aliphatic carbocycles. The highest BCUT2D eigenvalue weighted by Gasteiger charge is 2.25. The molecule has 3 aromatic carbocycles. The van der Waals surface area contributed by atoms with E-state index in [1.165, 1.54) is 12.1 Å². The van der Waals surface area contributed by atoms with Crippen LogP contribution in [0.25, 0.3) is 0 Å².